The summed E-state index contributed by atoms with van der Waals surface area (Å²) in [4.78, 5) is 20.7. The maximum atomic E-state index is 10.8. The molecule has 0 aliphatic heterocycles. The first-order valence-corrected chi connectivity index (χ1v) is 4.10. The van der Waals surface area contributed by atoms with Crippen molar-refractivity contribution in [3.8, 4) is 0 Å². The lowest BCUT2D eigenvalue weighted by atomic mass is 10.5. The van der Waals surface area contributed by atoms with Crippen molar-refractivity contribution in [3.63, 3.8) is 0 Å². The molecule has 0 saturated heterocycles. The van der Waals surface area contributed by atoms with Crippen LogP contribution in [0, 0.1) is 0 Å². The van der Waals surface area contributed by atoms with Crippen LogP contribution in [0.15, 0.2) is 0 Å². The van der Waals surface area contributed by atoms with E-state index in [2.05, 4.69) is 23.3 Å². The van der Waals surface area contributed by atoms with Gasteiger partial charge in [0, 0.05) is 12.3 Å². The van der Waals surface area contributed by atoms with Crippen molar-refractivity contribution in [3.05, 3.63) is 0 Å². The molecule has 0 aromatic carbocycles. The lowest BCUT2D eigenvalue weighted by molar-refractivity contribution is -0.137. The highest BCUT2D eigenvalue weighted by Crippen LogP contribution is 1.69. The number of carbonyl (C=O) groups excluding carboxylic acids is 1. The highest BCUT2D eigenvalue weighted by molar-refractivity contribution is 7.80. The summed E-state index contributed by atoms with van der Waals surface area (Å²) in [6.07, 6.45) is 0. The smallest absolute Gasteiger partial charge is 0.322 e. The van der Waals surface area contributed by atoms with Gasteiger partial charge in [-0.2, -0.15) is 12.6 Å². The SMILES string of the molecule is O=C(O)CNC(=O)CNCCS. The van der Waals surface area contributed by atoms with E-state index >= 15 is 0 Å². The molecule has 0 unspecified atom stereocenters. The lowest BCUT2D eigenvalue weighted by Crippen LogP contribution is -2.37. The van der Waals surface area contributed by atoms with Crippen molar-refractivity contribution in [1.29, 1.82) is 0 Å². The molecule has 0 atom stereocenters. The molecule has 0 bridgehead atoms. The number of carboxylic acids is 1. The zero-order chi connectivity index (χ0) is 9.40. The first-order chi connectivity index (χ1) is 5.66. The van der Waals surface area contributed by atoms with Crippen LogP contribution in [-0.2, 0) is 9.59 Å². The molecule has 0 heterocycles. The minimum Gasteiger partial charge on any atom is -0.480 e. The molecule has 0 spiro atoms. The minimum absolute atomic E-state index is 0.133. The second-order valence-electron chi connectivity index (χ2n) is 2.07. The molecule has 0 fully saturated rings. The molecule has 0 radical (unpaired) electrons. The first kappa shape index (κ1) is 11.2. The summed E-state index contributed by atoms with van der Waals surface area (Å²) in [6.45, 7) is 0.429. The molecule has 70 valence electrons. The number of rotatable bonds is 6. The van der Waals surface area contributed by atoms with E-state index in [1.807, 2.05) is 0 Å². The first-order valence-electron chi connectivity index (χ1n) is 3.47. The number of carbonyl (C=O) groups is 2. The number of carboxylic acid groups (broad SMARTS) is 1. The van der Waals surface area contributed by atoms with Gasteiger partial charge in [-0.05, 0) is 0 Å². The van der Waals surface area contributed by atoms with E-state index in [0.717, 1.165) is 0 Å². The Hall–Kier alpha value is -0.750. The Balaban J connectivity index is 3.28. The largest absolute Gasteiger partial charge is 0.480 e. The van der Waals surface area contributed by atoms with E-state index in [1.165, 1.54) is 0 Å². The van der Waals surface area contributed by atoms with Crippen LogP contribution < -0.4 is 10.6 Å². The maximum absolute atomic E-state index is 10.8. The molecule has 0 aromatic rings. The Labute approximate surface area is 75.9 Å². The third-order valence-corrected chi connectivity index (χ3v) is 1.23. The zero-order valence-corrected chi connectivity index (χ0v) is 7.43. The molecule has 0 aliphatic carbocycles. The van der Waals surface area contributed by atoms with Gasteiger partial charge in [0.2, 0.25) is 5.91 Å². The summed E-state index contributed by atoms with van der Waals surface area (Å²) in [6, 6.07) is 0. The van der Waals surface area contributed by atoms with Crippen molar-refractivity contribution in [2.24, 2.45) is 0 Å². The fraction of sp³-hybridized carbons (Fsp3) is 0.667. The van der Waals surface area contributed by atoms with Gasteiger partial charge >= 0.3 is 5.97 Å². The van der Waals surface area contributed by atoms with Gasteiger partial charge in [0.15, 0.2) is 0 Å². The van der Waals surface area contributed by atoms with Crippen LogP contribution in [0.4, 0.5) is 0 Å². The predicted molar refractivity (Wildman–Crippen MR) is 47.4 cm³/mol. The molecule has 0 aromatic heterocycles. The number of amides is 1. The van der Waals surface area contributed by atoms with Gasteiger partial charge in [0.1, 0.15) is 6.54 Å². The summed E-state index contributed by atoms with van der Waals surface area (Å²) in [5.41, 5.74) is 0. The van der Waals surface area contributed by atoms with Crippen molar-refractivity contribution in [2.75, 3.05) is 25.4 Å². The van der Waals surface area contributed by atoms with Crippen molar-refractivity contribution in [1.82, 2.24) is 10.6 Å². The summed E-state index contributed by atoms with van der Waals surface area (Å²) in [7, 11) is 0. The van der Waals surface area contributed by atoms with Crippen LogP contribution in [0.25, 0.3) is 0 Å². The highest BCUT2D eigenvalue weighted by atomic mass is 32.1. The van der Waals surface area contributed by atoms with Crippen LogP contribution in [0.5, 0.6) is 0 Å². The third kappa shape index (κ3) is 7.36. The minimum atomic E-state index is -1.04. The second-order valence-corrected chi connectivity index (χ2v) is 2.52. The fourth-order valence-corrected chi connectivity index (χ4v) is 0.676. The Morgan fingerprint density at radius 2 is 2.00 bits per heavy atom. The van der Waals surface area contributed by atoms with E-state index < -0.39 is 5.97 Å². The predicted octanol–water partition coefficient (Wildman–Crippen LogP) is -1.29. The highest BCUT2D eigenvalue weighted by Gasteiger charge is 2.01. The molecule has 0 rings (SSSR count). The van der Waals surface area contributed by atoms with E-state index in [1.54, 1.807) is 0 Å². The number of aliphatic carboxylic acids is 1. The topological polar surface area (TPSA) is 78.4 Å². The molecular weight excluding hydrogens is 180 g/mol. The molecule has 1 amide bonds. The van der Waals surface area contributed by atoms with Crippen LogP contribution in [-0.4, -0.2) is 42.4 Å². The lowest BCUT2D eigenvalue weighted by Gasteiger charge is -2.02. The molecule has 5 nitrogen and oxygen atoms in total. The monoisotopic (exact) mass is 192 g/mol. The van der Waals surface area contributed by atoms with Gasteiger partial charge in [-0.3, -0.25) is 9.59 Å². The standard InChI is InChI=1S/C6H12N2O3S/c9-5(3-7-1-2-12)8-4-6(10)11/h7,12H,1-4H2,(H,8,9)(H,10,11). The second kappa shape index (κ2) is 6.93. The van der Waals surface area contributed by atoms with Gasteiger partial charge < -0.3 is 15.7 Å². The molecule has 12 heavy (non-hydrogen) atoms. The summed E-state index contributed by atoms with van der Waals surface area (Å²) in [5, 5.41) is 13.2. The van der Waals surface area contributed by atoms with Crippen LogP contribution >= 0.6 is 12.6 Å². The molecule has 3 N–H and O–H groups in total. The molecule has 0 aliphatic rings. The van der Waals surface area contributed by atoms with Gasteiger partial charge in [-0.25, -0.2) is 0 Å². The quantitative estimate of drug-likeness (QED) is 0.312. The van der Waals surface area contributed by atoms with E-state index in [-0.39, 0.29) is 19.0 Å². The van der Waals surface area contributed by atoms with Gasteiger partial charge in [-0.1, -0.05) is 0 Å². The van der Waals surface area contributed by atoms with E-state index in [0.29, 0.717) is 12.3 Å². The van der Waals surface area contributed by atoms with Crippen molar-refractivity contribution < 1.29 is 14.7 Å². The Morgan fingerprint density at radius 3 is 2.50 bits per heavy atom. The molecule has 0 saturated carbocycles. The van der Waals surface area contributed by atoms with E-state index in [4.69, 9.17) is 5.11 Å². The summed E-state index contributed by atoms with van der Waals surface area (Å²) >= 11 is 3.92. The van der Waals surface area contributed by atoms with E-state index in [9.17, 15) is 9.59 Å². The van der Waals surface area contributed by atoms with Gasteiger partial charge in [0.05, 0.1) is 6.54 Å². The van der Waals surface area contributed by atoms with Crippen LogP contribution in [0.3, 0.4) is 0 Å². The third-order valence-electron chi connectivity index (χ3n) is 1.01. The van der Waals surface area contributed by atoms with Gasteiger partial charge in [0.25, 0.3) is 0 Å². The average Bonchev–Trinajstić information content (AvgIpc) is 2.01. The molecule has 6 heteroatoms. The Morgan fingerprint density at radius 1 is 1.33 bits per heavy atom. The Bertz CT molecular complexity index is 163. The van der Waals surface area contributed by atoms with Crippen LogP contribution in [0.2, 0.25) is 0 Å². The molecular formula is C6H12N2O3S. The van der Waals surface area contributed by atoms with Crippen molar-refractivity contribution in [2.45, 2.75) is 0 Å². The van der Waals surface area contributed by atoms with Gasteiger partial charge in [-0.15, -0.1) is 0 Å². The summed E-state index contributed by atoms with van der Waals surface area (Å²) in [5.74, 6) is -0.719. The number of nitrogens with one attached hydrogen (secondary N) is 2. The fourth-order valence-electron chi connectivity index (χ4n) is 0.518. The Kier molecular flexibility index (Phi) is 6.50. The zero-order valence-electron chi connectivity index (χ0n) is 6.54. The average molecular weight is 192 g/mol. The summed E-state index contributed by atoms with van der Waals surface area (Å²) < 4.78 is 0. The van der Waals surface area contributed by atoms with Crippen molar-refractivity contribution >= 4 is 24.5 Å². The number of hydrogen-bond acceptors (Lipinski definition) is 4. The number of thiol groups is 1. The van der Waals surface area contributed by atoms with Crippen LogP contribution in [0.1, 0.15) is 0 Å². The maximum Gasteiger partial charge on any atom is 0.322 e. The normalized spacial score (nSPS) is 9.42. The number of hydrogen-bond donors (Lipinski definition) is 4.